The second kappa shape index (κ2) is 11.3. The third-order valence-corrected chi connectivity index (χ3v) is 7.97. The van der Waals surface area contributed by atoms with Crippen LogP contribution in [0.2, 0.25) is 0 Å². The number of carbonyl (C=O) groups is 2. The average molecular weight is 554 g/mol. The Balaban J connectivity index is 0.00000336. The van der Waals surface area contributed by atoms with Crippen molar-refractivity contribution < 1.29 is 22.8 Å². The Morgan fingerprint density at radius 3 is 2.32 bits per heavy atom. The van der Waals surface area contributed by atoms with Crippen LogP contribution in [0.3, 0.4) is 0 Å². The summed E-state index contributed by atoms with van der Waals surface area (Å²) in [5.41, 5.74) is 1.23. The molecule has 3 aliphatic rings. The second-order valence-electron chi connectivity index (χ2n) is 10.8. The average Bonchev–Trinajstić information content (AvgIpc) is 3.41. The molecule has 7 nitrogen and oxygen atoms in total. The van der Waals surface area contributed by atoms with E-state index in [1.807, 2.05) is 4.68 Å². The fourth-order valence-corrected chi connectivity index (χ4v) is 5.73. The van der Waals surface area contributed by atoms with Crippen molar-refractivity contribution in [2.45, 2.75) is 56.2 Å². The molecule has 2 aromatic rings. The Morgan fingerprint density at radius 1 is 1.00 bits per heavy atom. The molecule has 38 heavy (non-hydrogen) atoms. The first kappa shape index (κ1) is 28.4. The first-order chi connectivity index (χ1) is 17.6. The molecule has 1 saturated carbocycles. The Bertz CT molecular complexity index is 1160. The van der Waals surface area contributed by atoms with Crippen LogP contribution in [0.1, 0.15) is 77.2 Å². The van der Waals surface area contributed by atoms with E-state index in [9.17, 15) is 22.8 Å². The molecule has 208 valence electrons. The van der Waals surface area contributed by atoms with Crippen molar-refractivity contribution in [2.24, 2.45) is 0 Å². The largest absolute Gasteiger partial charge is 0.416 e. The van der Waals surface area contributed by atoms with Gasteiger partial charge in [-0.15, -0.1) is 12.4 Å². The number of benzene rings is 1. The molecule has 2 aliphatic heterocycles. The van der Waals surface area contributed by atoms with E-state index < -0.39 is 11.7 Å². The molecule has 1 aromatic carbocycles. The minimum atomic E-state index is -4.41. The number of carbonyl (C=O) groups excluding carboxylic acids is 2. The molecule has 0 radical (unpaired) electrons. The maximum atomic E-state index is 13.6. The third kappa shape index (κ3) is 5.86. The molecule has 2 amide bonds. The summed E-state index contributed by atoms with van der Waals surface area (Å²) in [6.45, 7) is 2.71. The number of amides is 2. The zero-order chi connectivity index (χ0) is 26.3. The Hall–Kier alpha value is -2.59. The van der Waals surface area contributed by atoms with Gasteiger partial charge >= 0.3 is 6.18 Å². The van der Waals surface area contributed by atoms with Crippen LogP contribution >= 0.6 is 12.4 Å². The van der Waals surface area contributed by atoms with Gasteiger partial charge in [-0.25, -0.2) is 0 Å². The SMILES string of the molecule is CN(C)C(=O)CN1CCC(n2ncc(C(=O)N3CC[C@@H](c4ccccc4C(F)(F)F)C3)c2C2CC2)CC1.Cl. The van der Waals surface area contributed by atoms with E-state index >= 15 is 0 Å². The molecule has 1 aromatic heterocycles. The molecule has 0 bridgehead atoms. The van der Waals surface area contributed by atoms with Crippen LogP contribution in [0.5, 0.6) is 0 Å². The van der Waals surface area contributed by atoms with Gasteiger partial charge in [-0.05, 0) is 43.7 Å². The fourth-order valence-electron chi connectivity index (χ4n) is 5.73. The summed E-state index contributed by atoms with van der Waals surface area (Å²) in [6.07, 6.45) is 1.51. The summed E-state index contributed by atoms with van der Waals surface area (Å²) < 4.78 is 42.7. The van der Waals surface area contributed by atoms with Gasteiger partial charge in [-0.3, -0.25) is 19.2 Å². The number of rotatable bonds is 6. The quantitative estimate of drug-likeness (QED) is 0.526. The topological polar surface area (TPSA) is 61.7 Å². The van der Waals surface area contributed by atoms with Gasteiger partial charge in [0.05, 0.1) is 35.6 Å². The third-order valence-electron chi connectivity index (χ3n) is 7.97. The van der Waals surface area contributed by atoms with E-state index in [-0.39, 0.29) is 48.3 Å². The van der Waals surface area contributed by atoms with E-state index in [2.05, 4.69) is 10.00 Å². The van der Waals surface area contributed by atoms with Gasteiger partial charge in [0.2, 0.25) is 5.91 Å². The zero-order valence-corrected chi connectivity index (χ0v) is 22.6. The summed E-state index contributed by atoms with van der Waals surface area (Å²) in [5.74, 6) is -0.0745. The number of hydrogen-bond acceptors (Lipinski definition) is 4. The molecule has 5 rings (SSSR count). The lowest BCUT2D eigenvalue weighted by molar-refractivity contribution is -0.138. The van der Waals surface area contributed by atoms with Crippen LogP contribution in [0.4, 0.5) is 13.2 Å². The van der Waals surface area contributed by atoms with Gasteiger partial charge in [-0.1, -0.05) is 18.2 Å². The Kier molecular flexibility index (Phi) is 8.42. The molecule has 0 unspecified atom stereocenters. The van der Waals surface area contributed by atoms with Crippen molar-refractivity contribution in [1.82, 2.24) is 24.5 Å². The lowest BCUT2D eigenvalue weighted by Gasteiger charge is -2.33. The summed E-state index contributed by atoms with van der Waals surface area (Å²) in [4.78, 5) is 31.1. The van der Waals surface area contributed by atoms with Crippen LogP contribution in [0.15, 0.2) is 30.5 Å². The summed E-state index contributed by atoms with van der Waals surface area (Å²) in [7, 11) is 3.52. The fraction of sp³-hybridized carbons (Fsp3) is 0.593. The van der Waals surface area contributed by atoms with Gasteiger partial charge in [0.15, 0.2) is 0 Å². The molecular formula is C27H35ClF3N5O2. The minimum absolute atomic E-state index is 0. The van der Waals surface area contributed by atoms with Crippen LogP contribution in [0, 0.1) is 0 Å². The number of hydrogen-bond donors (Lipinski definition) is 0. The standard InChI is InChI=1S/C27H34F3N5O2.ClH/c1-32(2)24(36)17-33-12-10-20(11-13-33)35-25(18-7-8-18)22(15-31-35)26(37)34-14-9-19(16-34)21-5-3-4-6-23(21)27(28,29)30;/h3-6,15,18-20H,7-14,16-17H2,1-2H3;1H/t19-;/m1./s1. The van der Waals surface area contributed by atoms with Crippen molar-refractivity contribution >= 4 is 24.2 Å². The predicted molar refractivity (Wildman–Crippen MR) is 140 cm³/mol. The van der Waals surface area contributed by atoms with Crippen molar-refractivity contribution in [3.8, 4) is 0 Å². The van der Waals surface area contributed by atoms with E-state index in [4.69, 9.17) is 0 Å². The molecule has 1 atom stereocenters. The molecule has 11 heteroatoms. The van der Waals surface area contributed by atoms with E-state index in [1.165, 1.54) is 12.1 Å². The summed E-state index contributed by atoms with van der Waals surface area (Å²) in [6, 6.07) is 5.87. The van der Waals surface area contributed by atoms with Crippen LogP contribution in [-0.4, -0.2) is 83.1 Å². The van der Waals surface area contributed by atoms with Crippen molar-refractivity contribution in [3.63, 3.8) is 0 Å². The molecule has 1 aliphatic carbocycles. The number of likely N-dealkylation sites (tertiary alicyclic amines) is 2. The molecule has 2 saturated heterocycles. The molecule has 3 fully saturated rings. The van der Waals surface area contributed by atoms with Crippen molar-refractivity contribution in [2.75, 3.05) is 46.8 Å². The molecule has 3 heterocycles. The number of alkyl halides is 3. The number of halogens is 4. The zero-order valence-electron chi connectivity index (χ0n) is 21.8. The number of likely N-dealkylation sites (N-methyl/N-ethyl adjacent to an activating group) is 1. The van der Waals surface area contributed by atoms with Crippen molar-refractivity contribution in [3.05, 3.63) is 52.8 Å². The van der Waals surface area contributed by atoms with Gasteiger partial charge in [0.1, 0.15) is 0 Å². The van der Waals surface area contributed by atoms with Gasteiger partial charge < -0.3 is 9.80 Å². The lowest BCUT2D eigenvalue weighted by atomic mass is 9.93. The number of aromatic nitrogens is 2. The highest BCUT2D eigenvalue weighted by Gasteiger charge is 2.40. The van der Waals surface area contributed by atoms with E-state index in [0.29, 0.717) is 31.0 Å². The normalized spacial score (nSPS) is 20.9. The number of nitrogens with zero attached hydrogens (tertiary/aromatic N) is 5. The van der Waals surface area contributed by atoms with Gasteiger partial charge in [-0.2, -0.15) is 18.3 Å². The van der Waals surface area contributed by atoms with Gasteiger partial charge in [0, 0.05) is 52.1 Å². The van der Waals surface area contributed by atoms with Crippen LogP contribution in [-0.2, 0) is 11.0 Å². The van der Waals surface area contributed by atoms with E-state index in [1.54, 1.807) is 36.2 Å². The minimum Gasteiger partial charge on any atom is -0.348 e. The monoisotopic (exact) mass is 553 g/mol. The maximum absolute atomic E-state index is 13.6. The Morgan fingerprint density at radius 2 is 1.68 bits per heavy atom. The Labute approximate surface area is 227 Å². The highest BCUT2D eigenvalue weighted by atomic mass is 35.5. The smallest absolute Gasteiger partial charge is 0.348 e. The summed E-state index contributed by atoms with van der Waals surface area (Å²) >= 11 is 0. The van der Waals surface area contributed by atoms with E-state index in [0.717, 1.165) is 50.5 Å². The van der Waals surface area contributed by atoms with Crippen LogP contribution < -0.4 is 0 Å². The second-order valence-corrected chi connectivity index (χ2v) is 10.8. The maximum Gasteiger partial charge on any atom is 0.416 e. The molecule has 0 spiro atoms. The highest BCUT2D eigenvalue weighted by molar-refractivity contribution is 5.95. The lowest BCUT2D eigenvalue weighted by Crippen LogP contribution is -2.41. The first-order valence-electron chi connectivity index (χ1n) is 13.1. The predicted octanol–water partition coefficient (Wildman–Crippen LogP) is 4.56. The molecular weight excluding hydrogens is 519 g/mol. The molecule has 0 N–H and O–H groups in total. The first-order valence-corrected chi connectivity index (χ1v) is 13.1. The van der Waals surface area contributed by atoms with Crippen LogP contribution in [0.25, 0.3) is 0 Å². The van der Waals surface area contributed by atoms with Gasteiger partial charge in [0.25, 0.3) is 5.91 Å². The summed E-state index contributed by atoms with van der Waals surface area (Å²) in [5, 5.41) is 4.66. The highest BCUT2D eigenvalue weighted by Crippen LogP contribution is 2.44. The van der Waals surface area contributed by atoms with Crippen molar-refractivity contribution in [1.29, 1.82) is 0 Å². The number of piperidine rings is 1.